The number of hydrogen-bond donors (Lipinski definition) is 0. The van der Waals surface area contributed by atoms with Crippen LogP contribution < -0.4 is 14.2 Å². The van der Waals surface area contributed by atoms with Gasteiger partial charge in [0.15, 0.2) is 11.6 Å². The maximum Gasteiger partial charge on any atom is 0.513 e. The van der Waals surface area contributed by atoms with Crippen LogP contribution >= 0.6 is 0 Å². The molecule has 0 heterocycles. The Kier molecular flexibility index (Phi) is 14.0. The topological polar surface area (TPSA) is 124 Å². The van der Waals surface area contributed by atoms with Gasteiger partial charge in [-0.05, 0) is 36.4 Å². The van der Waals surface area contributed by atoms with E-state index in [1.54, 1.807) is 0 Å². The number of rotatable bonds is 12. The van der Waals surface area contributed by atoms with Crippen LogP contribution in [0.1, 0.15) is 24.2 Å². The van der Waals surface area contributed by atoms with Crippen molar-refractivity contribution in [3.63, 3.8) is 0 Å². The summed E-state index contributed by atoms with van der Waals surface area (Å²) in [5.74, 6) is -3.47. The van der Waals surface area contributed by atoms with Crippen molar-refractivity contribution >= 4 is 24.1 Å². The molecule has 0 aliphatic carbocycles. The molecule has 0 unspecified atom stereocenters. The molecule has 2 rings (SSSR count). The Morgan fingerprint density at radius 2 is 1.35 bits per heavy atom. The summed E-state index contributed by atoms with van der Waals surface area (Å²) in [4.78, 5) is 45.9. The van der Waals surface area contributed by atoms with E-state index in [1.165, 1.54) is 30.3 Å². The summed E-state index contributed by atoms with van der Waals surface area (Å²) in [6, 6.07) is 8.59. The molecule has 0 bridgehead atoms. The van der Waals surface area contributed by atoms with Crippen molar-refractivity contribution in [1.82, 2.24) is 0 Å². The van der Waals surface area contributed by atoms with Crippen LogP contribution in [0.15, 0.2) is 67.8 Å². The zero-order chi connectivity index (χ0) is 27.6. The van der Waals surface area contributed by atoms with Gasteiger partial charge in [0.25, 0.3) is 0 Å². The van der Waals surface area contributed by atoms with Gasteiger partial charge in [-0.2, -0.15) is 0 Å². The Bertz CT molecular complexity index is 1080. The van der Waals surface area contributed by atoms with Crippen LogP contribution in [0.25, 0.3) is 0 Å². The molecule has 0 fully saturated rings. The van der Waals surface area contributed by atoms with Crippen LogP contribution in [-0.2, 0) is 23.8 Å². The van der Waals surface area contributed by atoms with E-state index >= 15 is 0 Å². The minimum absolute atomic E-state index is 0.0372. The van der Waals surface area contributed by atoms with Crippen molar-refractivity contribution in [2.75, 3.05) is 26.4 Å². The van der Waals surface area contributed by atoms with Crippen LogP contribution in [0.3, 0.4) is 0 Å². The number of benzene rings is 2. The van der Waals surface area contributed by atoms with E-state index < -0.39 is 29.9 Å². The van der Waals surface area contributed by atoms with Crippen molar-refractivity contribution < 1.29 is 52.0 Å². The van der Waals surface area contributed by atoms with Gasteiger partial charge >= 0.3 is 24.1 Å². The van der Waals surface area contributed by atoms with E-state index in [-0.39, 0.29) is 49.2 Å². The number of hydrogen-bond acceptors (Lipinski definition) is 10. The molecule has 0 spiro atoms. The van der Waals surface area contributed by atoms with Gasteiger partial charge in [0.1, 0.15) is 24.7 Å². The van der Waals surface area contributed by atoms with E-state index in [0.29, 0.717) is 0 Å². The second kappa shape index (κ2) is 17.0. The van der Waals surface area contributed by atoms with Crippen molar-refractivity contribution in [3.05, 3.63) is 79.2 Å². The first kappa shape index (κ1) is 30.5. The van der Waals surface area contributed by atoms with Crippen LogP contribution in [-0.4, -0.2) is 50.5 Å². The third-order valence-corrected chi connectivity index (χ3v) is 3.87. The molecule has 0 saturated carbocycles. The summed E-state index contributed by atoms with van der Waals surface area (Å²) >= 11 is 0. The summed E-state index contributed by atoms with van der Waals surface area (Å²) in [5, 5.41) is 0. The molecule has 0 amide bonds. The fraction of sp³-hybridized carbons (Fsp3) is 0.231. The summed E-state index contributed by atoms with van der Waals surface area (Å²) in [6.45, 7) is 10.6. The van der Waals surface area contributed by atoms with Gasteiger partial charge in [0, 0.05) is 18.2 Å². The smallest absolute Gasteiger partial charge is 0.460 e. The van der Waals surface area contributed by atoms with Crippen LogP contribution in [0.2, 0.25) is 0 Å². The van der Waals surface area contributed by atoms with Crippen LogP contribution in [0, 0.1) is 5.82 Å². The molecule has 0 saturated heterocycles. The molecule has 11 heteroatoms. The Morgan fingerprint density at radius 3 is 1.95 bits per heavy atom. The van der Waals surface area contributed by atoms with Crippen molar-refractivity contribution in [2.24, 2.45) is 0 Å². The summed E-state index contributed by atoms with van der Waals surface area (Å²) in [7, 11) is 0. The maximum atomic E-state index is 14.0. The summed E-state index contributed by atoms with van der Waals surface area (Å²) in [5.41, 5.74) is 0.0962. The van der Waals surface area contributed by atoms with Gasteiger partial charge in [-0.25, -0.2) is 23.6 Å². The Hall–Kier alpha value is -4.51. The van der Waals surface area contributed by atoms with E-state index in [1.807, 2.05) is 13.8 Å². The molecular formula is C26H27FO10. The zero-order valence-corrected chi connectivity index (χ0v) is 20.4. The molecule has 0 aliphatic rings. The van der Waals surface area contributed by atoms with Gasteiger partial charge in [-0.3, -0.25) is 0 Å². The predicted molar refractivity (Wildman–Crippen MR) is 129 cm³/mol. The molecular weight excluding hydrogens is 491 g/mol. The first-order chi connectivity index (χ1) is 17.8. The quantitative estimate of drug-likeness (QED) is 0.131. The molecule has 0 aliphatic heterocycles. The maximum absolute atomic E-state index is 14.0. The third kappa shape index (κ3) is 11.6. The lowest BCUT2D eigenvalue weighted by Crippen LogP contribution is -2.16. The van der Waals surface area contributed by atoms with Crippen LogP contribution in [0.4, 0.5) is 9.18 Å². The number of carbonyl (C=O) groups excluding carboxylic acids is 4. The fourth-order valence-electron chi connectivity index (χ4n) is 2.27. The highest BCUT2D eigenvalue weighted by Gasteiger charge is 2.14. The monoisotopic (exact) mass is 518 g/mol. The fourth-order valence-corrected chi connectivity index (χ4v) is 2.27. The van der Waals surface area contributed by atoms with Gasteiger partial charge < -0.3 is 28.4 Å². The Morgan fingerprint density at radius 1 is 0.757 bits per heavy atom. The Labute approximate surface area is 213 Å². The highest BCUT2D eigenvalue weighted by Crippen LogP contribution is 2.24. The molecule has 10 nitrogen and oxygen atoms in total. The largest absolute Gasteiger partial charge is 0.513 e. The highest BCUT2D eigenvalue weighted by molar-refractivity contribution is 5.91. The van der Waals surface area contributed by atoms with Gasteiger partial charge in [-0.1, -0.05) is 27.0 Å². The number of ether oxygens (including phenoxy) is 6. The number of carbonyl (C=O) groups is 4. The van der Waals surface area contributed by atoms with Crippen LogP contribution in [0.5, 0.6) is 17.2 Å². The molecule has 0 aromatic heterocycles. The van der Waals surface area contributed by atoms with Gasteiger partial charge in [0.05, 0.1) is 18.8 Å². The lowest BCUT2D eigenvalue weighted by Gasteiger charge is -2.08. The van der Waals surface area contributed by atoms with E-state index in [0.717, 1.165) is 24.3 Å². The zero-order valence-electron chi connectivity index (χ0n) is 20.4. The molecule has 37 heavy (non-hydrogen) atoms. The minimum Gasteiger partial charge on any atom is -0.460 e. The third-order valence-electron chi connectivity index (χ3n) is 3.87. The van der Waals surface area contributed by atoms with Gasteiger partial charge in [-0.15, -0.1) is 0 Å². The first-order valence-electron chi connectivity index (χ1n) is 11.0. The summed E-state index contributed by atoms with van der Waals surface area (Å²) < 4.78 is 43.4. The molecule has 2 aromatic carbocycles. The Balaban J connectivity index is 0.00000334. The van der Waals surface area contributed by atoms with E-state index in [2.05, 4.69) is 13.2 Å². The minimum atomic E-state index is -0.991. The van der Waals surface area contributed by atoms with Gasteiger partial charge in [0.2, 0.25) is 0 Å². The normalized spacial score (nSPS) is 9.59. The lowest BCUT2D eigenvalue weighted by atomic mass is 10.2. The van der Waals surface area contributed by atoms with Crippen molar-refractivity contribution in [3.8, 4) is 17.2 Å². The average Bonchev–Trinajstić information content (AvgIpc) is 2.90. The standard InChI is InChI=1S/C24H21FO10.C2H6/c1-3-21(26)31-13-11-30-12-14-32-24(29)34-17-7-5-16(6-8-17)23(28)33-18-9-10-20(19(25)15-18)35-22(27)4-2;1-2/h3-10,15H,1-2,11-14H2;1-2H3. The average molecular weight is 518 g/mol. The molecule has 198 valence electrons. The van der Waals surface area contributed by atoms with E-state index in [4.69, 9.17) is 28.4 Å². The molecule has 0 N–H and O–H groups in total. The number of esters is 3. The molecule has 2 aromatic rings. The lowest BCUT2D eigenvalue weighted by molar-refractivity contribution is -0.139. The first-order valence-corrected chi connectivity index (χ1v) is 11.0. The van der Waals surface area contributed by atoms with Crippen molar-refractivity contribution in [1.29, 1.82) is 0 Å². The molecule has 0 radical (unpaired) electrons. The highest BCUT2D eigenvalue weighted by atomic mass is 19.1. The summed E-state index contributed by atoms with van der Waals surface area (Å²) in [6.07, 6.45) is 0.916. The second-order valence-corrected chi connectivity index (χ2v) is 6.32. The molecule has 0 atom stereocenters. The second-order valence-electron chi connectivity index (χ2n) is 6.32. The predicted octanol–water partition coefficient (Wildman–Crippen LogP) is 4.42. The van der Waals surface area contributed by atoms with Crippen molar-refractivity contribution in [2.45, 2.75) is 13.8 Å². The number of halogens is 1. The SMILES string of the molecule is C=CC(=O)OCCOCCOC(=O)Oc1ccc(C(=O)Oc2ccc(OC(=O)C=C)c(F)c2)cc1.CC. The van der Waals surface area contributed by atoms with E-state index in [9.17, 15) is 23.6 Å².